The number of hydrogen-bond acceptors (Lipinski definition) is 6. The second-order valence-corrected chi connectivity index (χ2v) is 7.36. The number of amides is 1. The topological polar surface area (TPSA) is 82.5 Å². The van der Waals surface area contributed by atoms with Gasteiger partial charge in [0.25, 0.3) is 5.56 Å². The van der Waals surface area contributed by atoms with Gasteiger partial charge in [0.2, 0.25) is 5.91 Å². The Hall–Kier alpha value is -3.65. The molecule has 2 aromatic carbocycles. The first kappa shape index (κ1) is 19.7. The minimum atomic E-state index is -0.360. The molecule has 0 aliphatic rings. The highest BCUT2D eigenvalue weighted by atomic mass is 32.1. The van der Waals surface area contributed by atoms with Crippen molar-refractivity contribution in [2.75, 3.05) is 19.5 Å². The highest BCUT2D eigenvalue weighted by molar-refractivity contribution is 7.17. The van der Waals surface area contributed by atoms with E-state index in [1.165, 1.54) is 29.3 Å². The van der Waals surface area contributed by atoms with Crippen LogP contribution in [0.5, 0.6) is 11.5 Å². The fourth-order valence-electron chi connectivity index (χ4n) is 3.12. The minimum Gasteiger partial charge on any atom is -0.497 e. The highest BCUT2D eigenvalue weighted by Crippen LogP contribution is 2.31. The lowest BCUT2D eigenvalue weighted by Crippen LogP contribution is -2.27. The monoisotopic (exact) mass is 421 g/mol. The molecule has 2 aromatic heterocycles. The second kappa shape index (κ2) is 8.38. The third-order valence-corrected chi connectivity index (χ3v) is 5.58. The first-order valence-corrected chi connectivity index (χ1v) is 10.0. The number of benzene rings is 2. The lowest BCUT2D eigenvalue weighted by molar-refractivity contribution is -0.116. The predicted molar refractivity (Wildman–Crippen MR) is 117 cm³/mol. The van der Waals surface area contributed by atoms with Crippen LogP contribution < -0.4 is 20.3 Å². The molecular weight excluding hydrogens is 402 g/mol. The summed E-state index contributed by atoms with van der Waals surface area (Å²) in [6.45, 7) is -0.157. The minimum absolute atomic E-state index is 0.157. The predicted octanol–water partition coefficient (Wildman–Crippen LogP) is 3.78. The average Bonchev–Trinajstić information content (AvgIpc) is 3.21. The second-order valence-electron chi connectivity index (χ2n) is 6.49. The maximum atomic E-state index is 12.9. The third-order valence-electron chi connectivity index (χ3n) is 4.63. The van der Waals surface area contributed by atoms with E-state index in [4.69, 9.17) is 9.47 Å². The molecular formula is C22H19N3O4S. The zero-order valence-electron chi connectivity index (χ0n) is 16.4. The molecule has 7 nitrogen and oxygen atoms in total. The van der Waals surface area contributed by atoms with Crippen LogP contribution in [0, 0.1) is 0 Å². The van der Waals surface area contributed by atoms with Crippen LogP contribution in [-0.2, 0) is 11.3 Å². The summed E-state index contributed by atoms with van der Waals surface area (Å²) in [7, 11) is 3.06. The van der Waals surface area contributed by atoms with Crippen molar-refractivity contribution < 1.29 is 14.3 Å². The van der Waals surface area contributed by atoms with Crippen molar-refractivity contribution in [3.05, 3.63) is 70.6 Å². The van der Waals surface area contributed by atoms with Crippen LogP contribution in [0.4, 0.5) is 5.69 Å². The normalized spacial score (nSPS) is 10.7. The lowest BCUT2D eigenvalue weighted by atomic mass is 10.1. The molecule has 0 fully saturated rings. The van der Waals surface area contributed by atoms with Gasteiger partial charge in [-0.2, -0.15) is 0 Å². The number of fused-ring (bicyclic) bond motifs is 1. The molecule has 0 aliphatic carbocycles. The summed E-state index contributed by atoms with van der Waals surface area (Å²) in [5.74, 6) is 0.721. The Bertz CT molecular complexity index is 1260. The molecule has 0 spiro atoms. The SMILES string of the molecule is COc1ccc(NC(=O)Cn2cnc3c(-c4ccccc4)csc3c2=O)c(OC)c1. The van der Waals surface area contributed by atoms with Crippen molar-refractivity contribution in [3.63, 3.8) is 0 Å². The van der Waals surface area contributed by atoms with E-state index in [2.05, 4.69) is 10.3 Å². The number of nitrogens with one attached hydrogen (secondary N) is 1. The molecule has 30 heavy (non-hydrogen) atoms. The summed E-state index contributed by atoms with van der Waals surface area (Å²) in [5, 5.41) is 4.68. The number of ether oxygens (including phenoxy) is 2. The summed E-state index contributed by atoms with van der Waals surface area (Å²) in [4.78, 5) is 29.9. The maximum absolute atomic E-state index is 12.9. The molecule has 4 rings (SSSR count). The van der Waals surface area contributed by atoms with Gasteiger partial charge in [-0.1, -0.05) is 30.3 Å². The van der Waals surface area contributed by atoms with E-state index >= 15 is 0 Å². The highest BCUT2D eigenvalue weighted by Gasteiger charge is 2.15. The van der Waals surface area contributed by atoms with Gasteiger partial charge in [0.05, 0.1) is 31.8 Å². The van der Waals surface area contributed by atoms with Gasteiger partial charge in [-0.25, -0.2) is 4.98 Å². The number of carbonyl (C=O) groups is 1. The van der Waals surface area contributed by atoms with E-state index in [0.29, 0.717) is 27.4 Å². The fraction of sp³-hybridized carbons (Fsp3) is 0.136. The molecule has 0 bridgehead atoms. The Labute approximate surface area is 176 Å². The van der Waals surface area contributed by atoms with E-state index in [1.54, 1.807) is 25.3 Å². The van der Waals surface area contributed by atoms with Gasteiger partial charge in [0.1, 0.15) is 22.7 Å². The van der Waals surface area contributed by atoms with Gasteiger partial charge in [-0.3, -0.25) is 14.2 Å². The van der Waals surface area contributed by atoms with Gasteiger partial charge in [-0.15, -0.1) is 11.3 Å². The van der Waals surface area contributed by atoms with Crippen LogP contribution in [0.1, 0.15) is 0 Å². The largest absolute Gasteiger partial charge is 0.497 e. The standard InChI is InChI=1S/C22H19N3O4S/c1-28-15-8-9-17(18(10-15)29-2)24-19(26)11-25-13-23-20-16(12-30-21(20)22(25)27)14-6-4-3-5-7-14/h3-10,12-13H,11H2,1-2H3,(H,24,26). The van der Waals surface area contributed by atoms with Crippen LogP contribution in [0.2, 0.25) is 0 Å². The van der Waals surface area contributed by atoms with Crippen molar-refractivity contribution in [2.45, 2.75) is 6.54 Å². The molecule has 0 saturated carbocycles. The van der Waals surface area contributed by atoms with E-state index in [9.17, 15) is 9.59 Å². The van der Waals surface area contributed by atoms with E-state index < -0.39 is 0 Å². The van der Waals surface area contributed by atoms with Gasteiger partial charge in [-0.05, 0) is 17.7 Å². The maximum Gasteiger partial charge on any atom is 0.271 e. The average molecular weight is 421 g/mol. The number of aromatic nitrogens is 2. The Morgan fingerprint density at radius 3 is 2.67 bits per heavy atom. The molecule has 0 atom stereocenters. The number of carbonyl (C=O) groups excluding carboxylic acids is 1. The molecule has 1 N–H and O–H groups in total. The Balaban J connectivity index is 1.58. The number of rotatable bonds is 6. The molecule has 152 valence electrons. The summed E-state index contributed by atoms with van der Waals surface area (Å²) in [6.07, 6.45) is 1.41. The van der Waals surface area contributed by atoms with Crippen molar-refractivity contribution >= 4 is 33.1 Å². The third kappa shape index (κ3) is 3.77. The molecule has 0 aliphatic heterocycles. The smallest absolute Gasteiger partial charge is 0.271 e. The first-order valence-electron chi connectivity index (χ1n) is 9.14. The molecule has 4 aromatic rings. The molecule has 0 unspecified atom stereocenters. The zero-order chi connectivity index (χ0) is 21.1. The first-order chi connectivity index (χ1) is 14.6. The zero-order valence-corrected chi connectivity index (χ0v) is 17.2. The van der Waals surface area contributed by atoms with Crippen molar-refractivity contribution in [1.82, 2.24) is 9.55 Å². The van der Waals surface area contributed by atoms with E-state index in [1.807, 2.05) is 35.7 Å². The Kier molecular flexibility index (Phi) is 5.49. The molecule has 0 radical (unpaired) electrons. The van der Waals surface area contributed by atoms with Gasteiger partial charge < -0.3 is 14.8 Å². The summed E-state index contributed by atoms with van der Waals surface area (Å²) >= 11 is 1.33. The van der Waals surface area contributed by atoms with Gasteiger partial charge >= 0.3 is 0 Å². The number of anilines is 1. The fourth-order valence-corrected chi connectivity index (χ4v) is 4.10. The van der Waals surface area contributed by atoms with Crippen LogP contribution in [-0.4, -0.2) is 29.7 Å². The molecule has 2 heterocycles. The molecule has 1 amide bonds. The number of hydrogen-bond donors (Lipinski definition) is 1. The lowest BCUT2D eigenvalue weighted by Gasteiger charge is -2.12. The Morgan fingerprint density at radius 1 is 1.13 bits per heavy atom. The van der Waals surface area contributed by atoms with Crippen LogP contribution >= 0.6 is 11.3 Å². The van der Waals surface area contributed by atoms with E-state index in [-0.39, 0.29) is 18.0 Å². The van der Waals surface area contributed by atoms with Crippen molar-refractivity contribution in [2.24, 2.45) is 0 Å². The Morgan fingerprint density at radius 2 is 1.93 bits per heavy atom. The molecule has 0 saturated heterocycles. The summed E-state index contributed by atoms with van der Waals surface area (Å²) < 4.78 is 12.3. The van der Waals surface area contributed by atoms with Crippen molar-refractivity contribution in [1.29, 1.82) is 0 Å². The number of methoxy groups -OCH3 is 2. The van der Waals surface area contributed by atoms with Gasteiger partial charge in [0.15, 0.2) is 0 Å². The molecule has 8 heteroatoms. The van der Waals surface area contributed by atoms with Gasteiger partial charge in [0, 0.05) is 17.0 Å². The summed E-state index contributed by atoms with van der Waals surface area (Å²) in [6, 6.07) is 14.9. The van der Waals surface area contributed by atoms with Crippen LogP contribution in [0.25, 0.3) is 21.3 Å². The number of nitrogens with zero attached hydrogens (tertiary/aromatic N) is 2. The van der Waals surface area contributed by atoms with Crippen LogP contribution in [0.15, 0.2) is 65.0 Å². The van der Waals surface area contributed by atoms with E-state index in [0.717, 1.165) is 11.1 Å². The van der Waals surface area contributed by atoms with Crippen molar-refractivity contribution in [3.8, 4) is 22.6 Å². The number of thiophene rings is 1. The van der Waals surface area contributed by atoms with Crippen LogP contribution in [0.3, 0.4) is 0 Å². The quantitative estimate of drug-likeness (QED) is 0.512. The summed E-state index contributed by atoms with van der Waals surface area (Å²) in [5.41, 5.74) is 2.80.